The lowest BCUT2D eigenvalue weighted by atomic mass is 9.81. The van der Waals surface area contributed by atoms with Gasteiger partial charge in [0.05, 0.1) is 13.2 Å². The molecule has 5 N–H and O–H groups in total. The number of aromatic nitrogens is 5. The van der Waals surface area contributed by atoms with Gasteiger partial charge >= 0.3 is 11.8 Å². The summed E-state index contributed by atoms with van der Waals surface area (Å²) in [5, 5.41) is 9.21. The molecule has 2 aliphatic rings. The summed E-state index contributed by atoms with van der Waals surface area (Å²) in [4.78, 5) is 67.2. The van der Waals surface area contributed by atoms with Gasteiger partial charge in [-0.3, -0.25) is 19.5 Å². The standard InChI is InChI=1S/C38H47N9O6/c1-38(2,3)53-37(51)42-21-24-7-9-27(10-8-24)34(49)47(30-13-11-26(12-14-30)33-43-36(50)45-44-33)31(32(39)48)20-25-5-4-6-28(19-25)29-22-40-35(41-23-29)46-15-17-52-18-16-46/h4-6,11-14,19,22-24,27,31H,7-10,15-18,20-21H2,1-3H3,(H2,39,48)(H,42,51)(H2,43,44,45,50)/t24?,27?,31-/m0/s1. The highest BCUT2D eigenvalue weighted by atomic mass is 16.6. The van der Waals surface area contributed by atoms with Crippen LogP contribution in [0.1, 0.15) is 52.0 Å². The van der Waals surface area contributed by atoms with Gasteiger partial charge in [0.1, 0.15) is 11.6 Å². The van der Waals surface area contributed by atoms with Crippen molar-refractivity contribution in [1.29, 1.82) is 0 Å². The first kappa shape index (κ1) is 37.2. The Bertz CT molecular complexity index is 1920. The predicted octanol–water partition coefficient (Wildman–Crippen LogP) is 3.82. The van der Waals surface area contributed by atoms with E-state index in [0.29, 0.717) is 55.6 Å². The van der Waals surface area contributed by atoms with E-state index < -0.39 is 29.3 Å². The smallest absolute Gasteiger partial charge is 0.407 e. The number of hydrogen-bond acceptors (Lipinski definition) is 10. The molecule has 1 saturated carbocycles. The van der Waals surface area contributed by atoms with Crippen molar-refractivity contribution in [3.05, 3.63) is 77.0 Å². The number of morpholine rings is 1. The Morgan fingerprint density at radius 2 is 1.70 bits per heavy atom. The molecular formula is C38H47N9O6. The van der Waals surface area contributed by atoms with Crippen LogP contribution in [0.15, 0.2) is 65.7 Å². The van der Waals surface area contributed by atoms with E-state index >= 15 is 0 Å². The number of carbonyl (C=O) groups excluding carboxylic acids is 3. The first-order valence-electron chi connectivity index (χ1n) is 18.0. The maximum absolute atomic E-state index is 14.5. The molecular weight excluding hydrogens is 678 g/mol. The number of H-pyrrole nitrogens is 2. The summed E-state index contributed by atoms with van der Waals surface area (Å²) < 4.78 is 10.8. The minimum Gasteiger partial charge on any atom is -0.444 e. The van der Waals surface area contributed by atoms with Gasteiger partial charge in [-0.15, -0.1) is 0 Å². The van der Waals surface area contributed by atoms with E-state index in [1.54, 1.807) is 36.7 Å². The normalized spacial score (nSPS) is 18.2. The summed E-state index contributed by atoms with van der Waals surface area (Å²) >= 11 is 0. The highest BCUT2D eigenvalue weighted by Gasteiger charge is 2.36. The zero-order valence-electron chi connectivity index (χ0n) is 30.3. The number of anilines is 2. The molecule has 2 aromatic carbocycles. The molecule has 280 valence electrons. The number of hydrogen-bond donors (Lipinski definition) is 4. The zero-order chi connectivity index (χ0) is 37.5. The lowest BCUT2D eigenvalue weighted by Crippen LogP contribution is -2.52. The Balaban J connectivity index is 1.21. The van der Waals surface area contributed by atoms with Gasteiger partial charge in [-0.25, -0.2) is 24.7 Å². The van der Waals surface area contributed by atoms with Crippen molar-refractivity contribution in [2.75, 3.05) is 42.6 Å². The fraction of sp³-hybridized carbons (Fsp3) is 0.447. The minimum absolute atomic E-state index is 0.172. The Labute approximate surface area is 307 Å². The Morgan fingerprint density at radius 1 is 1.00 bits per heavy atom. The van der Waals surface area contributed by atoms with Crippen LogP contribution < -0.4 is 26.5 Å². The van der Waals surface area contributed by atoms with Crippen LogP contribution >= 0.6 is 0 Å². The summed E-state index contributed by atoms with van der Waals surface area (Å²) in [6, 6.07) is 13.7. The summed E-state index contributed by atoms with van der Waals surface area (Å²) in [5.41, 5.74) is 8.70. The number of primary amides is 1. The van der Waals surface area contributed by atoms with E-state index in [0.717, 1.165) is 42.6 Å². The van der Waals surface area contributed by atoms with Crippen LogP contribution in [0.4, 0.5) is 16.4 Å². The first-order chi connectivity index (χ1) is 25.4. The van der Waals surface area contributed by atoms with Crippen LogP contribution in [-0.2, 0) is 25.5 Å². The third-order valence-corrected chi connectivity index (χ3v) is 9.55. The lowest BCUT2D eigenvalue weighted by molar-refractivity contribution is -0.127. The third-order valence-electron chi connectivity index (χ3n) is 9.55. The van der Waals surface area contributed by atoms with Crippen LogP contribution in [0.3, 0.4) is 0 Å². The van der Waals surface area contributed by atoms with E-state index in [1.165, 1.54) is 4.90 Å². The molecule has 0 spiro atoms. The van der Waals surface area contributed by atoms with Crippen molar-refractivity contribution < 1.29 is 23.9 Å². The Hall–Kier alpha value is -5.57. The fourth-order valence-corrected chi connectivity index (χ4v) is 6.82. The van der Waals surface area contributed by atoms with Crippen molar-refractivity contribution in [3.63, 3.8) is 0 Å². The average molecular weight is 726 g/mol. The Kier molecular flexibility index (Phi) is 11.5. The maximum Gasteiger partial charge on any atom is 0.407 e. The fourth-order valence-electron chi connectivity index (χ4n) is 6.82. The molecule has 1 atom stereocenters. The van der Waals surface area contributed by atoms with Crippen LogP contribution in [0, 0.1) is 11.8 Å². The van der Waals surface area contributed by atoms with Crippen molar-refractivity contribution in [2.45, 2.75) is 64.5 Å². The lowest BCUT2D eigenvalue weighted by Gasteiger charge is -2.36. The second-order valence-electron chi connectivity index (χ2n) is 14.6. The number of amides is 3. The topological polar surface area (TPSA) is 202 Å². The SMILES string of the molecule is CC(C)(C)OC(=O)NCC1CCC(C(=O)N(c2ccc(-c3n[nH]c(=O)[nH]3)cc2)[C@@H](Cc2cccc(-c3cnc(N4CCOCC4)nc3)c2)C(N)=O)CC1. The molecule has 53 heavy (non-hydrogen) atoms. The summed E-state index contributed by atoms with van der Waals surface area (Å²) in [5.74, 6) is -0.00563. The van der Waals surface area contributed by atoms with Crippen molar-refractivity contribution in [1.82, 2.24) is 30.5 Å². The first-order valence-corrected chi connectivity index (χ1v) is 18.0. The number of carbonyl (C=O) groups is 3. The van der Waals surface area contributed by atoms with E-state index in [4.69, 9.17) is 15.2 Å². The average Bonchev–Trinajstić information content (AvgIpc) is 3.60. The molecule has 4 aromatic rings. The van der Waals surface area contributed by atoms with Gasteiger partial charge in [0, 0.05) is 61.2 Å². The zero-order valence-corrected chi connectivity index (χ0v) is 30.3. The van der Waals surface area contributed by atoms with Crippen molar-refractivity contribution in [3.8, 4) is 22.5 Å². The number of aromatic amines is 2. The molecule has 6 rings (SSSR count). The van der Waals surface area contributed by atoms with Crippen LogP contribution in [0.25, 0.3) is 22.5 Å². The quantitative estimate of drug-likeness (QED) is 0.176. The molecule has 0 bridgehead atoms. The van der Waals surface area contributed by atoms with E-state index in [-0.39, 0.29) is 24.2 Å². The Morgan fingerprint density at radius 3 is 2.32 bits per heavy atom. The highest BCUT2D eigenvalue weighted by Crippen LogP contribution is 2.33. The van der Waals surface area contributed by atoms with Gasteiger partial charge < -0.3 is 25.4 Å². The van der Waals surface area contributed by atoms with Crippen LogP contribution in [0.2, 0.25) is 0 Å². The van der Waals surface area contributed by atoms with Crippen molar-refractivity contribution in [2.24, 2.45) is 17.6 Å². The molecule has 15 nitrogen and oxygen atoms in total. The van der Waals surface area contributed by atoms with Crippen molar-refractivity contribution >= 4 is 29.5 Å². The largest absolute Gasteiger partial charge is 0.444 e. The summed E-state index contributed by atoms with van der Waals surface area (Å²) in [6.07, 6.45) is 5.90. The number of ether oxygens (including phenoxy) is 2. The summed E-state index contributed by atoms with van der Waals surface area (Å²) in [6.45, 7) is 8.64. The molecule has 2 fully saturated rings. The van der Waals surface area contributed by atoms with E-state index in [2.05, 4.69) is 35.4 Å². The second kappa shape index (κ2) is 16.4. The second-order valence-corrected chi connectivity index (χ2v) is 14.6. The molecule has 1 saturated heterocycles. The van der Waals surface area contributed by atoms with Crippen LogP contribution in [-0.4, -0.2) is 87.5 Å². The van der Waals surface area contributed by atoms with E-state index in [9.17, 15) is 19.2 Å². The summed E-state index contributed by atoms with van der Waals surface area (Å²) in [7, 11) is 0. The van der Waals surface area contributed by atoms with Crippen LogP contribution in [0.5, 0.6) is 0 Å². The number of nitrogens with zero attached hydrogens (tertiary/aromatic N) is 5. The molecule has 2 aromatic heterocycles. The van der Waals surface area contributed by atoms with Gasteiger partial charge in [0.25, 0.3) is 0 Å². The van der Waals surface area contributed by atoms with E-state index in [1.807, 2.05) is 45.0 Å². The molecule has 1 aliphatic carbocycles. The third kappa shape index (κ3) is 9.66. The predicted molar refractivity (Wildman–Crippen MR) is 199 cm³/mol. The molecule has 1 aliphatic heterocycles. The molecule has 3 heterocycles. The molecule has 3 amide bonds. The number of rotatable bonds is 11. The van der Waals surface area contributed by atoms with Gasteiger partial charge in [-0.2, -0.15) is 5.10 Å². The molecule has 15 heteroatoms. The van der Waals surface area contributed by atoms with Gasteiger partial charge in [0.2, 0.25) is 17.8 Å². The minimum atomic E-state index is -1.000. The van der Waals surface area contributed by atoms with Gasteiger partial charge in [-0.1, -0.05) is 24.3 Å². The van der Waals surface area contributed by atoms with Gasteiger partial charge in [0.15, 0.2) is 5.82 Å². The number of nitrogens with two attached hydrogens (primary N) is 1. The molecule has 0 unspecified atom stereocenters. The highest BCUT2D eigenvalue weighted by molar-refractivity contribution is 6.01. The maximum atomic E-state index is 14.5. The molecule has 0 radical (unpaired) electrons. The number of nitrogens with one attached hydrogen (secondary N) is 3. The van der Waals surface area contributed by atoms with Gasteiger partial charge in [-0.05, 0) is 87.8 Å². The monoisotopic (exact) mass is 725 g/mol. The number of alkyl carbamates (subject to hydrolysis) is 1. The number of benzene rings is 2.